The Morgan fingerprint density at radius 3 is 2.09 bits per heavy atom. The zero-order valence-corrected chi connectivity index (χ0v) is 11.2. The molecule has 0 atom stereocenters. The summed E-state index contributed by atoms with van der Waals surface area (Å²) in [6.07, 6.45) is -5.59. The minimum atomic E-state index is -4.78. The highest BCUT2D eigenvalue weighted by atomic mass is 19.4. The number of benzene rings is 2. The van der Waals surface area contributed by atoms with Crippen molar-refractivity contribution in [2.24, 2.45) is 0 Å². The molecule has 0 aliphatic carbocycles. The third-order valence-corrected chi connectivity index (χ3v) is 3.06. The highest BCUT2D eigenvalue weighted by molar-refractivity contribution is 5.72. The molecule has 0 aliphatic rings. The molecule has 0 fully saturated rings. The lowest BCUT2D eigenvalue weighted by Gasteiger charge is -2.12. The number of alkyl halides is 3. The smallest absolute Gasteiger partial charge is 0.416 e. The Morgan fingerprint density at radius 1 is 0.913 bits per heavy atom. The van der Waals surface area contributed by atoms with Gasteiger partial charge in [-0.3, -0.25) is 4.79 Å². The van der Waals surface area contributed by atoms with Crippen LogP contribution >= 0.6 is 0 Å². The first kappa shape index (κ1) is 16.9. The van der Waals surface area contributed by atoms with Gasteiger partial charge in [-0.05, 0) is 30.3 Å². The van der Waals surface area contributed by atoms with Gasteiger partial charge in [0.2, 0.25) is 0 Å². The Kier molecular flexibility index (Phi) is 4.35. The third kappa shape index (κ3) is 3.64. The molecule has 0 unspecified atom stereocenters. The molecule has 0 saturated carbocycles. The average Bonchev–Trinajstić information content (AvgIpc) is 2.41. The molecule has 0 heterocycles. The first-order valence-corrected chi connectivity index (χ1v) is 6.16. The molecule has 2 aromatic rings. The van der Waals surface area contributed by atoms with Gasteiger partial charge in [0, 0.05) is 16.7 Å². The van der Waals surface area contributed by atoms with E-state index in [-0.39, 0.29) is 0 Å². The number of carboxylic acid groups (broad SMARTS) is 1. The molecular weight excluding hydrogens is 326 g/mol. The van der Waals surface area contributed by atoms with Crippen molar-refractivity contribution in [2.45, 2.75) is 12.6 Å². The predicted octanol–water partition coefficient (Wildman–Crippen LogP) is 4.42. The molecule has 2 aromatic carbocycles. The first-order valence-electron chi connectivity index (χ1n) is 6.16. The monoisotopic (exact) mass is 334 g/mol. The second kappa shape index (κ2) is 5.94. The van der Waals surface area contributed by atoms with E-state index in [1.807, 2.05) is 0 Å². The normalized spacial score (nSPS) is 11.6. The maximum Gasteiger partial charge on any atom is 0.416 e. The number of hydrogen-bond acceptors (Lipinski definition) is 1. The molecule has 1 N–H and O–H groups in total. The van der Waals surface area contributed by atoms with Crippen molar-refractivity contribution in [3.63, 3.8) is 0 Å². The molecule has 0 bridgehead atoms. The van der Waals surface area contributed by atoms with Crippen LogP contribution < -0.4 is 0 Å². The van der Waals surface area contributed by atoms with Crippen LogP contribution in [0.3, 0.4) is 0 Å². The molecule has 0 spiro atoms. The number of aliphatic carboxylic acids is 1. The van der Waals surface area contributed by atoms with E-state index in [0.717, 1.165) is 0 Å². The van der Waals surface area contributed by atoms with Crippen molar-refractivity contribution in [1.29, 1.82) is 0 Å². The van der Waals surface area contributed by atoms with Gasteiger partial charge in [0.1, 0.15) is 17.5 Å². The van der Waals surface area contributed by atoms with E-state index in [1.54, 1.807) is 0 Å². The molecule has 0 saturated heterocycles. The molecule has 23 heavy (non-hydrogen) atoms. The standard InChI is InChI=1S/C15H8F6O2/c16-11-2-1-8(15(19,20)21)5-9(11)10-6-12(17)7(3-13(10)18)4-14(22)23/h1-3,5-6H,4H2,(H,22,23). The summed E-state index contributed by atoms with van der Waals surface area (Å²) in [6, 6.07) is 2.35. The molecule has 0 aromatic heterocycles. The SMILES string of the molecule is O=C(O)Cc1cc(F)c(-c2cc(C(F)(F)F)ccc2F)cc1F. The second-order valence-electron chi connectivity index (χ2n) is 4.69. The summed E-state index contributed by atoms with van der Waals surface area (Å²) >= 11 is 0. The summed E-state index contributed by atoms with van der Waals surface area (Å²) in [5.41, 5.74) is -3.20. The van der Waals surface area contributed by atoms with Gasteiger partial charge in [-0.15, -0.1) is 0 Å². The third-order valence-electron chi connectivity index (χ3n) is 3.06. The molecule has 2 rings (SSSR count). The van der Waals surface area contributed by atoms with E-state index in [1.165, 1.54) is 0 Å². The lowest BCUT2D eigenvalue weighted by Crippen LogP contribution is -2.07. The highest BCUT2D eigenvalue weighted by Crippen LogP contribution is 2.35. The number of carboxylic acids is 1. The van der Waals surface area contributed by atoms with Crippen LogP contribution in [0.5, 0.6) is 0 Å². The predicted molar refractivity (Wildman–Crippen MR) is 68.1 cm³/mol. The van der Waals surface area contributed by atoms with Crippen molar-refractivity contribution in [3.05, 3.63) is 58.9 Å². The van der Waals surface area contributed by atoms with Gasteiger partial charge in [0.15, 0.2) is 0 Å². The number of hydrogen-bond donors (Lipinski definition) is 1. The van der Waals surface area contributed by atoms with E-state index in [9.17, 15) is 31.1 Å². The number of halogens is 6. The van der Waals surface area contributed by atoms with Crippen LogP contribution in [0, 0.1) is 17.5 Å². The van der Waals surface area contributed by atoms with E-state index in [0.29, 0.717) is 30.3 Å². The van der Waals surface area contributed by atoms with Crippen molar-refractivity contribution in [3.8, 4) is 11.1 Å². The van der Waals surface area contributed by atoms with Gasteiger partial charge < -0.3 is 5.11 Å². The Balaban J connectivity index is 2.58. The molecule has 122 valence electrons. The largest absolute Gasteiger partial charge is 0.481 e. The number of rotatable bonds is 3. The van der Waals surface area contributed by atoms with Gasteiger partial charge in [-0.25, -0.2) is 13.2 Å². The van der Waals surface area contributed by atoms with Gasteiger partial charge >= 0.3 is 12.1 Å². The molecule has 0 aliphatic heterocycles. The summed E-state index contributed by atoms with van der Waals surface area (Å²) < 4.78 is 79.4. The van der Waals surface area contributed by atoms with Crippen molar-refractivity contribution in [1.82, 2.24) is 0 Å². The van der Waals surface area contributed by atoms with Gasteiger partial charge in [-0.2, -0.15) is 13.2 Å². The van der Waals surface area contributed by atoms with Crippen LogP contribution in [0.2, 0.25) is 0 Å². The van der Waals surface area contributed by atoms with Crippen molar-refractivity contribution < 1.29 is 36.2 Å². The van der Waals surface area contributed by atoms with Crippen LogP contribution in [0.25, 0.3) is 11.1 Å². The summed E-state index contributed by atoms with van der Waals surface area (Å²) in [5, 5.41) is 8.56. The Hall–Kier alpha value is -2.51. The quantitative estimate of drug-likeness (QED) is 0.844. The van der Waals surface area contributed by atoms with Gasteiger partial charge in [-0.1, -0.05) is 0 Å². The van der Waals surface area contributed by atoms with E-state index in [2.05, 4.69) is 0 Å². The van der Waals surface area contributed by atoms with Gasteiger partial charge in [0.05, 0.1) is 12.0 Å². The van der Waals surface area contributed by atoms with Crippen LogP contribution in [0.1, 0.15) is 11.1 Å². The van der Waals surface area contributed by atoms with Crippen LogP contribution in [0.15, 0.2) is 30.3 Å². The Labute approximate surface area is 126 Å². The average molecular weight is 334 g/mol. The van der Waals surface area contributed by atoms with Crippen LogP contribution in [-0.2, 0) is 17.4 Å². The van der Waals surface area contributed by atoms with Crippen molar-refractivity contribution in [2.75, 3.05) is 0 Å². The molecule has 8 heteroatoms. The summed E-state index contributed by atoms with van der Waals surface area (Å²) in [5.74, 6) is -4.95. The highest BCUT2D eigenvalue weighted by Gasteiger charge is 2.31. The minimum Gasteiger partial charge on any atom is -0.481 e. The molecule has 0 radical (unpaired) electrons. The van der Waals surface area contributed by atoms with E-state index >= 15 is 0 Å². The summed E-state index contributed by atoms with van der Waals surface area (Å²) in [6.45, 7) is 0. The Bertz CT molecular complexity index is 767. The second-order valence-corrected chi connectivity index (χ2v) is 4.69. The molecule has 2 nitrogen and oxygen atoms in total. The lowest BCUT2D eigenvalue weighted by atomic mass is 9.99. The van der Waals surface area contributed by atoms with Gasteiger partial charge in [0.25, 0.3) is 0 Å². The zero-order chi connectivity index (χ0) is 17.4. The molecular formula is C15H8F6O2. The fourth-order valence-electron chi connectivity index (χ4n) is 2.00. The first-order chi connectivity index (χ1) is 10.6. The maximum absolute atomic E-state index is 14.0. The van der Waals surface area contributed by atoms with E-state index in [4.69, 9.17) is 5.11 Å². The lowest BCUT2D eigenvalue weighted by molar-refractivity contribution is -0.138. The summed E-state index contributed by atoms with van der Waals surface area (Å²) in [4.78, 5) is 10.5. The minimum absolute atomic E-state index is 0.365. The van der Waals surface area contributed by atoms with Crippen LogP contribution in [0.4, 0.5) is 26.3 Å². The fraction of sp³-hybridized carbons (Fsp3) is 0.133. The van der Waals surface area contributed by atoms with E-state index < -0.39 is 58.3 Å². The maximum atomic E-state index is 14.0. The van der Waals surface area contributed by atoms with Crippen molar-refractivity contribution >= 4 is 5.97 Å². The topological polar surface area (TPSA) is 37.3 Å². The molecule has 0 amide bonds. The number of carbonyl (C=O) groups is 1. The zero-order valence-electron chi connectivity index (χ0n) is 11.2. The fourth-order valence-corrected chi connectivity index (χ4v) is 2.00. The summed E-state index contributed by atoms with van der Waals surface area (Å²) in [7, 11) is 0. The van der Waals surface area contributed by atoms with Crippen LogP contribution in [-0.4, -0.2) is 11.1 Å². The Morgan fingerprint density at radius 2 is 1.52 bits per heavy atom.